The average molecular weight is 231 g/mol. The van der Waals surface area contributed by atoms with Crippen molar-refractivity contribution in [2.45, 2.75) is 27.2 Å². The van der Waals surface area contributed by atoms with Gasteiger partial charge in [0.1, 0.15) is 0 Å². The molecule has 92 valence electrons. The molecule has 2 nitrogen and oxygen atoms in total. The fourth-order valence-electron chi connectivity index (χ4n) is 1.48. The number of benzene rings is 1. The van der Waals surface area contributed by atoms with E-state index in [-0.39, 0.29) is 5.91 Å². The molecule has 17 heavy (non-hydrogen) atoms. The van der Waals surface area contributed by atoms with E-state index in [0.29, 0.717) is 5.92 Å². The summed E-state index contributed by atoms with van der Waals surface area (Å²) in [5.41, 5.74) is 1.81. The summed E-state index contributed by atoms with van der Waals surface area (Å²) in [6, 6.07) is 9.89. The largest absolute Gasteiger partial charge is 0.352 e. The Morgan fingerprint density at radius 1 is 1.29 bits per heavy atom. The van der Waals surface area contributed by atoms with Gasteiger partial charge in [-0.25, -0.2) is 0 Å². The highest BCUT2D eigenvalue weighted by molar-refractivity contribution is 5.97. The first-order chi connectivity index (χ1) is 8.09. The highest BCUT2D eigenvalue weighted by atomic mass is 16.1. The molecule has 1 rings (SSSR count). The van der Waals surface area contributed by atoms with E-state index >= 15 is 0 Å². The van der Waals surface area contributed by atoms with E-state index in [2.05, 4.69) is 19.2 Å². The van der Waals surface area contributed by atoms with Crippen molar-refractivity contribution in [1.82, 2.24) is 5.32 Å². The van der Waals surface area contributed by atoms with Gasteiger partial charge in [-0.05, 0) is 30.9 Å². The van der Waals surface area contributed by atoms with Gasteiger partial charge in [0.15, 0.2) is 0 Å². The first kappa shape index (κ1) is 13.5. The molecule has 0 heterocycles. The maximum absolute atomic E-state index is 11.7. The minimum Gasteiger partial charge on any atom is -0.352 e. The van der Waals surface area contributed by atoms with E-state index in [4.69, 9.17) is 0 Å². The van der Waals surface area contributed by atoms with Crippen molar-refractivity contribution in [3.8, 4) is 0 Å². The third kappa shape index (κ3) is 5.34. The lowest BCUT2D eigenvalue weighted by atomic mass is 10.1. The number of carbonyl (C=O) groups is 1. The van der Waals surface area contributed by atoms with Crippen molar-refractivity contribution in [3.63, 3.8) is 0 Å². The molecule has 0 aliphatic rings. The second-order valence-corrected chi connectivity index (χ2v) is 4.68. The normalized spacial score (nSPS) is 11.6. The summed E-state index contributed by atoms with van der Waals surface area (Å²) in [5.74, 6) is 0.642. The number of hydrogen-bond acceptors (Lipinski definition) is 1. The smallest absolute Gasteiger partial charge is 0.246 e. The molecule has 0 saturated carbocycles. The lowest BCUT2D eigenvalue weighted by Gasteiger charge is -2.07. The molecule has 0 spiro atoms. The van der Waals surface area contributed by atoms with Gasteiger partial charge in [-0.2, -0.15) is 0 Å². The fourth-order valence-corrected chi connectivity index (χ4v) is 1.48. The molecule has 0 atom stereocenters. The summed E-state index contributed by atoms with van der Waals surface area (Å²) < 4.78 is 0. The summed E-state index contributed by atoms with van der Waals surface area (Å²) in [4.78, 5) is 11.7. The van der Waals surface area contributed by atoms with E-state index in [1.807, 2.05) is 43.3 Å². The van der Waals surface area contributed by atoms with Crippen LogP contribution >= 0.6 is 0 Å². The van der Waals surface area contributed by atoms with Gasteiger partial charge in [-0.3, -0.25) is 4.79 Å². The van der Waals surface area contributed by atoms with Gasteiger partial charge in [0, 0.05) is 12.1 Å². The Kier molecular flexibility index (Phi) is 5.47. The lowest BCUT2D eigenvalue weighted by Crippen LogP contribution is -2.25. The molecule has 1 aromatic carbocycles. The first-order valence-electron chi connectivity index (χ1n) is 6.11. The predicted octanol–water partition coefficient (Wildman–Crippen LogP) is 3.25. The Morgan fingerprint density at radius 2 is 1.94 bits per heavy atom. The van der Waals surface area contributed by atoms with Crippen LogP contribution in [-0.4, -0.2) is 12.5 Å². The molecular formula is C15H21NO. The van der Waals surface area contributed by atoms with Crippen LogP contribution in [-0.2, 0) is 4.79 Å². The zero-order valence-electron chi connectivity index (χ0n) is 10.9. The molecule has 0 fully saturated rings. The van der Waals surface area contributed by atoms with Gasteiger partial charge in [-0.1, -0.05) is 44.2 Å². The first-order valence-corrected chi connectivity index (χ1v) is 6.11. The molecule has 2 heteroatoms. The van der Waals surface area contributed by atoms with E-state index in [0.717, 1.165) is 24.1 Å². The van der Waals surface area contributed by atoms with Gasteiger partial charge in [0.05, 0.1) is 0 Å². The van der Waals surface area contributed by atoms with E-state index < -0.39 is 0 Å². The summed E-state index contributed by atoms with van der Waals surface area (Å²) >= 11 is 0. The van der Waals surface area contributed by atoms with Gasteiger partial charge >= 0.3 is 0 Å². The molecule has 0 aromatic heterocycles. The molecule has 1 N–H and O–H groups in total. The number of amides is 1. The monoisotopic (exact) mass is 231 g/mol. The third-order valence-corrected chi connectivity index (χ3v) is 2.55. The van der Waals surface area contributed by atoms with Gasteiger partial charge < -0.3 is 5.32 Å². The molecule has 1 amide bonds. The SMILES string of the molecule is C/C(=C\c1ccccc1)C(=O)NCCC(C)C. The Hall–Kier alpha value is -1.57. The molecule has 0 unspecified atom stereocenters. The van der Waals surface area contributed by atoms with Gasteiger partial charge in [-0.15, -0.1) is 0 Å². The Balaban J connectivity index is 2.49. The van der Waals surface area contributed by atoms with Crippen LogP contribution < -0.4 is 5.32 Å². The van der Waals surface area contributed by atoms with Crippen LogP contribution in [0.2, 0.25) is 0 Å². The van der Waals surface area contributed by atoms with Gasteiger partial charge in [0.25, 0.3) is 0 Å². The zero-order valence-corrected chi connectivity index (χ0v) is 10.9. The summed E-state index contributed by atoms with van der Waals surface area (Å²) in [6.45, 7) is 6.89. The van der Waals surface area contributed by atoms with Crippen molar-refractivity contribution in [2.75, 3.05) is 6.54 Å². The standard InChI is InChI=1S/C15H21NO/c1-12(2)9-10-16-15(17)13(3)11-14-7-5-4-6-8-14/h4-8,11-12H,9-10H2,1-3H3,(H,16,17)/b13-11+. The minimum absolute atomic E-state index is 0.0227. The topological polar surface area (TPSA) is 29.1 Å². The third-order valence-electron chi connectivity index (χ3n) is 2.55. The molecule has 0 bridgehead atoms. The summed E-state index contributed by atoms with van der Waals surface area (Å²) in [7, 11) is 0. The average Bonchev–Trinajstić information content (AvgIpc) is 2.29. The van der Waals surface area contributed by atoms with Crippen molar-refractivity contribution < 1.29 is 4.79 Å². The van der Waals surface area contributed by atoms with E-state index in [1.54, 1.807) is 0 Å². The number of rotatable bonds is 5. The predicted molar refractivity (Wildman–Crippen MR) is 72.6 cm³/mol. The molecule has 0 aliphatic heterocycles. The second kappa shape index (κ2) is 6.89. The highest BCUT2D eigenvalue weighted by Crippen LogP contribution is 2.06. The minimum atomic E-state index is 0.0227. The van der Waals surface area contributed by atoms with Crippen LogP contribution in [0.15, 0.2) is 35.9 Å². The van der Waals surface area contributed by atoms with Crippen LogP contribution in [0, 0.1) is 5.92 Å². The fraction of sp³-hybridized carbons (Fsp3) is 0.400. The van der Waals surface area contributed by atoms with E-state index in [1.165, 1.54) is 0 Å². The van der Waals surface area contributed by atoms with Gasteiger partial charge in [0.2, 0.25) is 5.91 Å². The van der Waals surface area contributed by atoms with Crippen molar-refractivity contribution in [1.29, 1.82) is 0 Å². The zero-order chi connectivity index (χ0) is 12.7. The summed E-state index contributed by atoms with van der Waals surface area (Å²) in [5, 5.41) is 2.93. The van der Waals surface area contributed by atoms with Crippen LogP contribution in [0.5, 0.6) is 0 Å². The Morgan fingerprint density at radius 3 is 2.53 bits per heavy atom. The molecular weight excluding hydrogens is 210 g/mol. The quantitative estimate of drug-likeness (QED) is 0.774. The Bertz CT molecular complexity index is 379. The maximum atomic E-state index is 11.7. The van der Waals surface area contributed by atoms with E-state index in [9.17, 15) is 4.79 Å². The molecule has 0 saturated heterocycles. The second-order valence-electron chi connectivity index (χ2n) is 4.68. The Labute approximate surface area is 104 Å². The molecule has 1 aromatic rings. The number of carbonyl (C=O) groups excluding carboxylic acids is 1. The van der Waals surface area contributed by atoms with Crippen LogP contribution in [0.4, 0.5) is 0 Å². The summed E-state index contributed by atoms with van der Waals surface area (Å²) in [6.07, 6.45) is 2.93. The highest BCUT2D eigenvalue weighted by Gasteiger charge is 2.03. The van der Waals surface area contributed by atoms with Crippen molar-refractivity contribution in [3.05, 3.63) is 41.5 Å². The maximum Gasteiger partial charge on any atom is 0.246 e. The van der Waals surface area contributed by atoms with Crippen LogP contribution in [0.3, 0.4) is 0 Å². The van der Waals surface area contributed by atoms with Crippen LogP contribution in [0.1, 0.15) is 32.8 Å². The number of nitrogens with one attached hydrogen (secondary N) is 1. The van der Waals surface area contributed by atoms with Crippen LogP contribution in [0.25, 0.3) is 6.08 Å². The lowest BCUT2D eigenvalue weighted by molar-refractivity contribution is -0.117. The number of hydrogen-bond donors (Lipinski definition) is 1. The molecule has 0 aliphatic carbocycles. The van der Waals surface area contributed by atoms with Crippen molar-refractivity contribution >= 4 is 12.0 Å². The van der Waals surface area contributed by atoms with Crippen molar-refractivity contribution in [2.24, 2.45) is 5.92 Å². The molecule has 0 radical (unpaired) electrons.